The summed E-state index contributed by atoms with van der Waals surface area (Å²) >= 11 is 0. The smallest absolute Gasteiger partial charge is 0.155 e. The lowest BCUT2D eigenvalue weighted by Gasteiger charge is -2.40. The molecule has 0 N–H and O–H groups in total. The molecule has 100 valence electrons. The molecule has 2 heteroatoms. The number of hydrogen-bond acceptors (Lipinski definition) is 2. The molecule has 0 aliphatic rings. The van der Waals surface area contributed by atoms with Gasteiger partial charge < -0.3 is 4.74 Å². The van der Waals surface area contributed by atoms with Gasteiger partial charge in [-0.25, -0.2) is 0 Å². The van der Waals surface area contributed by atoms with Gasteiger partial charge in [0, 0.05) is 13.5 Å². The van der Waals surface area contributed by atoms with Crippen molar-refractivity contribution in [3.63, 3.8) is 0 Å². The van der Waals surface area contributed by atoms with Crippen LogP contribution in [-0.2, 0) is 9.53 Å². The van der Waals surface area contributed by atoms with Crippen molar-refractivity contribution in [2.24, 2.45) is 17.8 Å². The first-order valence-electron chi connectivity index (χ1n) is 6.47. The molecule has 0 saturated heterocycles. The van der Waals surface area contributed by atoms with Gasteiger partial charge in [-0.2, -0.15) is 0 Å². The Labute approximate surface area is 106 Å². The van der Waals surface area contributed by atoms with Gasteiger partial charge in [0.1, 0.15) is 0 Å². The Hall–Kier alpha value is -0.630. The molecular weight excluding hydrogens is 212 g/mol. The molecule has 0 heterocycles. The molecule has 0 aromatic rings. The van der Waals surface area contributed by atoms with E-state index in [2.05, 4.69) is 41.2 Å². The standard InChI is InChI=1S/C15H28O2/c1-8-13(16)9-14(12(4)5)15(6,17-7)10-11(2)3/h8,11-12,14H,1,9-10H2,2-7H3/t14?,15-/m1/s1. The van der Waals surface area contributed by atoms with Gasteiger partial charge in [0.15, 0.2) is 5.78 Å². The van der Waals surface area contributed by atoms with Gasteiger partial charge in [0.2, 0.25) is 0 Å². The molecule has 0 amide bonds. The second-order valence-corrected chi connectivity index (χ2v) is 5.84. The number of ether oxygens (including phenoxy) is 1. The fourth-order valence-corrected chi connectivity index (χ4v) is 2.65. The second kappa shape index (κ2) is 6.95. The minimum Gasteiger partial charge on any atom is -0.378 e. The Balaban J connectivity index is 4.97. The number of rotatable bonds is 8. The van der Waals surface area contributed by atoms with E-state index < -0.39 is 0 Å². The topological polar surface area (TPSA) is 26.3 Å². The zero-order valence-electron chi connectivity index (χ0n) is 12.2. The highest BCUT2D eigenvalue weighted by molar-refractivity contribution is 5.89. The van der Waals surface area contributed by atoms with E-state index in [0.717, 1.165) is 6.42 Å². The number of methoxy groups -OCH3 is 1. The molecule has 2 atom stereocenters. The predicted octanol–water partition coefficient (Wildman–Crippen LogP) is 3.86. The summed E-state index contributed by atoms with van der Waals surface area (Å²) in [6.45, 7) is 14.3. The van der Waals surface area contributed by atoms with Crippen LogP contribution in [0.1, 0.15) is 47.5 Å². The van der Waals surface area contributed by atoms with Gasteiger partial charge in [-0.3, -0.25) is 4.79 Å². The average Bonchev–Trinajstić information content (AvgIpc) is 2.23. The van der Waals surface area contributed by atoms with Crippen LogP contribution in [0.3, 0.4) is 0 Å². The van der Waals surface area contributed by atoms with Gasteiger partial charge >= 0.3 is 0 Å². The average molecular weight is 240 g/mol. The molecule has 0 aliphatic carbocycles. The maximum atomic E-state index is 11.6. The van der Waals surface area contributed by atoms with Gasteiger partial charge in [-0.05, 0) is 37.2 Å². The fourth-order valence-electron chi connectivity index (χ4n) is 2.65. The molecule has 0 radical (unpaired) electrons. The largest absolute Gasteiger partial charge is 0.378 e. The maximum absolute atomic E-state index is 11.6. The van der Waals surface area contributed by atoms with Crippen molar-refractivity contribution in [2.45, 2.75) is 53.1 Å². The van der Waals surface area contributed by atoms with Gasteiger partial charge in [0.05, 0.1) is 5.60 Å². The van der Waals surface area contributed by atoms with Crippen LogP contribution in [0.2, 0.25) is 0 Å². The molecule has 0 aromatic carbocycles. The van der Waals surface area contributed by atoms with E-state index in [-0.39, 0.29) is 17.3 Å². The summed E-state index contributed by atoms with van der Waals surface area (Å²) in [5.41, 5.74) is -0.235. The van der Waals surface area contributed by atoms with Crippen LogP contribution in [0, 0.1) is 17.8 Å². The molecule has 0 aliphatic heterocycles. The van der Waals surface area contributed by atoms with Crippen molar-refractivity contribution in [3.8, 4) is 0 Å². The highest BCUT2D eigenvalue weighted by atomic mass is 16.5. The number of carbonyl (C=O) groups excluding carboxylic acids is 1. The zero-order chi connectivity index (χ0) is 13.6. The van der Waals surface area contributed by atoms with Crippen molar-refractivity contribution in [1.29, 1.82) is 0 Å². The second-order valence-electron chi connectivity index (χ2n) is 5.84. The molecule has 2 nitrogen and oxygen atoms in total. The van der Waals surface area contributed by atoms with E-state index >= 15 is 0 Å². The minimum absolute atomic E-state index is 0.107. The number of ketones is 1. The Morgan fingerprint density at radius 2 is 1.88 bits per heavy atom. The summed E-state index contributed by atoms with van der Waals surface area (Å²) < 4.78 is 5.73. The van der Waals surface area contributed by atoms with Gasteiger partial charge in [-0.1, -0.05) is 34.3 Å². The monoisotopic (exact) mass is 240 g/mol. The summed E-state index contributed by atoms with van der Waals surface area (Å²) in [5.74, 6) is 1.32. The molecule has 0 fully saturated rings. The van der Waals surface area contributed by atoms with Gasteiger partial charge in [0.25, 0.3) is 0 Å². The predicted molar refractivity (Wildman–Crippen MR) is 73.0 cm³/mol. The Kier molecular flexibility index (Phi) is 6.69. The van der Waals surface area contributed by atoms with E-state index in [1.165, 1.54) is 6.08 Å². The number of hydrogen-bond donors (Lipinski definition) is 0. The normalized spacial score (nSPS) is 16.9. The van der Waals surface area contributed by atoms with Crippen molar-refractivity contribution >= 4 is 5.78 Å². The number of carbonyl (C=O) groups is 1. The molecular formula is C15H28O2. The Bertz CT molecular complexity index is 256. The van der Waals surface area contributed by atoms with Crippen LogP contribution in [0.5, 0.6) is 0 Å². The first-order chi connectivity index (χ1) is 7.76. The molecule has 17 heavy (non-hydrogen) atoms. The number of allylic oxidation sites excluding steroid dienone is 1. The zero-order valence-corrected chi connectivity index (χ0v) is 12.2. The van der Waals surface area contributed by atoms with E-state index in [1.807, 2.05) is 0 Å². The van der Waals surface area contributed by atoms with Crippen LogP contribution < -0.4 is 0 Å². The third-order valence-electron chi connectivity index (χ3n) is 3.52. The maximum Gasteiger partial charge on any atom is 0.155 e. The van der Waals surface area contributed by atoms with Crippen molar-refractivity contribution < 1.29 is 9.53 Å². The van der Waals surface area contributed by atoms with Crippen LogP contribution >= 0.6 is 0 Å². The Morgan fingerprint density at radius 3 is 2.18 bits per heavy atom. The summed E-state index contributed by atoms with van der Waals surface area (Å²) in [4.78, 5) is 11.6. The van der Waals surface area contributed by atoms with E-state index in [4.69, 9.17) is 4.74 Å². The first-order valence-corrected chi connectivity index (χ1v) is 6.47. The van der Waals surface area contributed by atoms with Crippen LogP contribution in [0.15, 0.2) is 12.7 Å². The molecule has 1 unspecified atom stereocenters. The summed E-state index contributed by atoms with van der Waals surface area (Å²) in [5, 5.41) is 0. The van der Waals surface area contributed by atoms with Crippen molar-refractivity contribution in [1.82, 2.24) is 0 Å². The SMILES string of the molecule is C=CC(=O)CC(C(C)C)[C@@](C)(CC(C)C)OC. The summed E-state index contributed by atoms with van der Waals surface area (Å²) in [6, 6.07) is 0. The molecule has 0 saturated carbocycles. The quantitative estimate of drug-likeness (QED) is 0.602. The van der Waals surface area contributed by atoms with Crippen LogP contribution in [-0.4, -0.2) is 18.5 Å². The molecule has 0 bridgehead atoms. The third-order valence-corrected chi connectivity index (χ3v) is 3.52. The van der Waals surface area contributed by atoms with Crippen LogP contribution in [0.25, 0.3) is 0 Å². The Morgan fingerprint density at radius 1 is 1.35 bits per heavy atom. The fraction of sp³-hybridized carbons (Fsp3) is 0.800. The first kappa shape index (κ1) is 16.4. The van der Waals surface area contributed by atoms with Crippen molar-refractivity contribution in [3.05, 3.63) is 12.7 Å². The minimum atomic E-state index is -0.235. The molecule has 0 aromatic heterocycles. The third kappa shape index (κ3) is 5.03. The lowest BCUT2D eigenvalue weighted by molar-refractivity contribution is -0.122. The molecule has 0 rings (SSSR count). The lowest BCUT2D eigenvalue weighted by Crippen LogP contribution is -2.42. The van der Waals surface area contributed by atoms with Gasteiger partial charge in [-0.15, -0.1) is 0 Å². The van der Waals surface area contributed by atoms with Crippen LogP contribution in [0.4, 0.5) is 0 Å². The van der Waals surface area contributed by atoms with Crippen molar-refractivity contribution in [2.75, 3.05) is 7.11 Å². The van der Waals surface area contributed by atoms with E-state index in [9.17, 15) is 4.79 Å². The van der Waals surface area contributed by atoms with E-state index in [0.29, 0.717) is 18.3 Å². The highest BCUT2D eigenvalue weighted by Gasteiger charge is 2.37. The highest BCUT2D eigenvalue weighted by Crippen LogP contribution is 2.36. The molecule has 0 spiro atoms. The summed E-state index contributed by atoms with van der Waals surface area (Å²) in [6.07, 6.45) is 2.91. The van der Waals surface area contributed by atoms with E-state index in [1.54, 1.807) is 7.11 Å². The lowest BCUT2D eigenvalue weighted by atomic mass is 9.73. The summed E-state index contributed by atoms with van der Waals surface area (Å²) in [7, 11) is 1.75.